The second-order valence-electron chi connectivity index (χ2n) is 1.96. The molecule has 4 nitrogen and oxygen atoms in total. The maximum absolute atomic E-state index is 11.0. The Hall–Kier alpha value is -0.460. The first-order valence-electron chi connectivity index (χ1n) is 2.97. The molecule has 0 fully saturated rings. The average Bonchev–Trinajstić information content (AvgIpc) is 2.03. The number of pyridine rings is 1. The maximum atomic E-state index is 11.0. The number of halogens is 2. The zero-order valence-corrected chi connectivity index (χ0v) is 9.02. The van der Waals surface area contributed by atoms with Crippen LogP contribution in [0.15, 0.2) is 21.2 Å². The van der Waals surface area contributed by atoms with E-state index < -0.39 is 5.91 Å². The molecule has 12 heavy (non-hydrogen) atoms. The second kappa shape index (κ2) is 3.97. The number of nitrogens with one attached hydrogen (secondary N) is 1. The molecule has 0 radical (unpaired) electrons. The smallest absolute Gasteiger partial charge is 0.284 e. The largest absolute Gasteiger partial charge is 0.289 e. The number of hydrogen-bond acceptors (Lipinski definition) is 3. The molecular formula is C6H5Br2N3O. The first-order chi connectivity index (χ1) is 5.65. The van der Waals surface area contributed by atoms with Crippen LogP contribution >= 0.6 is 31.9 Å². The Morgan fingerprint density at radius 2 is 2.25 bits per heavy atom. The Morgan fingerprint density at radius 3 is 2.75 bits per heavy atom. The number of nitrogen functional groups attached to an aromatic ring is 1. The predicted octanol–water partition coefficient (Wildman–Crippen LogP) is 1.21. The monoisotopic (exact) mass is 293 g/mol. The number of rotatable bonds is 1. The van der Waals surface area contributed by atoms with Gasteiger partial charge in [0.2, 0.25) is 0 Å². The van der Waals surface area contributed by atoms with Gasteiger partial charge in [-0.2, -0.15) is 0 Å². The minimum atomic E-state index is -0.422. The van der Waals surface area contributed by atoms with Gasteiger partial charge in [0, 0.05) is 10.7 Å². The second-order valence-corrected chi connectivity index (χ2v) is 3.73. The molecule has 6 heteroatoms. The highest BCUT2D eigenvalue weighted by Gasteiger charge is 2.09. The summed E-state index contributed by atoms with van der Waals surface area (Å²) in [7, 11) is 0. The number of aromatic nitrogens is 1. The molecule has 0 spiro atoms. The van der Waals surface area contributed by atoms with E-state index in [1.165, 1.54) is 6.20 Å². The third kappa shape index (κ3) is 2.02. The first kappa shape index (κ1) is 9.63. The summed E-state index contributed by atoms with van der Waals surface area (Å²) in [6, 6.07) is 1.72. The number of nitrogens with zero attached hydrogens (tertiary/aromatic N) is 1. The molecule has 3 N–H and O–H groups in total. The minimum Gasteiger partial charge on any atom is -0.289 e. The van der Waals surface area contributed by atoms with Crippen molar-refractivity contribution in [2.75, 3.05) is 0 Å². The molecule has 1 rings (SSSR count). The predicted molar refractivity (Wildman–Crippen MR) is 51.3 cm³/mol. The summed E-state index contributed by atoms with van der Waals surface area (Å²) in [4.78, 5) is 14.9. The molecule has 0 aromatic carbocycles. The van der Waals surface area contributed by atoms with E-state index in [0.29, 0.717) is 4.47 Å². The van der Waals surface area contributed by atoms with Crippen molar-refractivity contribution in [2.24, 2.45) is 5.84 Å². The first-order valence-corrected chi connectivity index (χ1v) is 4.55. The van der Waals surface area contributed by atoms with Gasteiger partial charge in [0.25, 0.3) is 5.91 Å². The van der Waals surface area contributed by atoms with E-state index in [9.17, 15) is 4.79 Å². The number of nitrogens with two attached hydrogens (primary N) is 1. The molecule has 0 bridgehead atoms. The Morgan fingerprint density at radius 1 is 1.58 bits per heavy atom. The van der Waals surface area contributed by atoms with Crippen molar-refractivity contribution in [3.05, 3.63) is 26.9 Å². The van der Waals surface area contributed by atoms with Gasteiger partial charge in [-0.05, 0) is 37.9 Å². The van der Waals surface area contributed by atoms with Crippen LogP contribution in [0.3, 0.4) is 0 Å². The molecule has 64 valence electrons. The molecule has 1 amide bonds. The highest BCUT2D eigenvalue weighted by molar-refractivity contribution is 9.11. The van der Waals surface area contributed by atoms with Crippen molar-refractivity contribution in [3.8, 4) is 0 Å². The molecular weight excluding hydrogens is 290 g/mol. The molecule has 0 aliphatic rings. The summed E-state index contributed by atoms with van der Waals surface area (Å²) >= 11 is 6.39. The minimum absolute atomic E-state index is 0.265. The number of hydrogen-bond donors (Lipinski definition) is 2. The van der Waals surface area contributed by atoms with E-state index in [2.05, 4.69) is 36.8 Å². The average molecular weight is 295 g/mol. The van der Waals surface area contributed by atoms with Gasteiger partial charge in [0.05, 0.1) is 4.47 Å². The maximum Gasteiger partial charge on any atom is 0.284 e. The lowest BCUT2D eigenvalue weighted by atomic mass is 10.3. The van der Waals surface area contributed by atoms with Crippen molar-refractivity contribution >= 4 is 37.8 Å². The number of carbonyl (C=O) groups excluding carboxylic acids is 1. The highest BCUT2D eigenvalue weighted by Crippen LogP contribution is 2.18. The van der Waals surface area contributed by atoms with Crippen LogP contribution in [0.2, 0.25) is 0 Å². The fraction of sp³-hybridized carbons (Fsp3) is 0. The summed E-state index contributed by atoms with van der Waals surface area (Å²) in [5, 5.41) is 0. The molecule has 0 unspecified atom stereocenters. The Bertz CT molecular complexity index is 316. The Labute approximate surface area is 85.8 Å². The topological polar surface area (TPSA) is 68.0 Å². The molecule has 1 aromatic heterocycles. The third-order valence-corrected chi connectivity index (χ3v) is 2.19. The van der Waals surface area contributed by atoms with E-state index in [-0.39, 0.29) is 5.69 Å². The lowest BCUT2D eigenvalue weighted by molar-refractivity contribution is 0.0948. The molecule has 1 heterocycles. The molecule has 0 saturated heterocycles. The van der Waals surface area contributed by atoms with Crippen LogP contribution in [-0.2, 0) is 0 Å². The Balaban J connectivity index is 3.09. The lowest BCUT2D eigenvalue weighted by Gasteiger charge is -2.00. The number of hydrazine groups is 1. The summed E-state index contributed by atoms with van der Waals surface area (Å²) in [6.45, 7) is 0. The molecule has 0 atom stereocenters. The Kier molecular flexibility index (Phi) is 3.19. The summed E-state index contributed by atoms with van der Waals surface area (Å²) in [6.07, 6.45) is 1.52. The zero-order chi connectivity index (χ0) is 9.14. The van der Waals surface area contributed by atoms with Crippen LogP contribution < -0.4 is 11.3 Å². The van der Waals surface area contributed by atoms with Gasteiger partial charge >= 0.3 is 0 Å². The SMILES string of the molecule is NNC(=O)c1ncc(Br)cc1Br. The number of carbonyl (C=O) groups is 1. The zero-order valence-electron chi connectivity index (χ0n) is 5.84. The van der Waals surface area contributed by atoms with Crippen LogP contribution in [0.25, 0.3) is 0 Å². The van der Waals surface area contributed by atoms with Crippen LogP contribution in [0.4, 0.5) is 0 Å². The van der Waals surface area contributed by atoms with Gasteiger partial charge in [-0.15, -0.1) is 0 Å². The van der Waals surface area contributed by atoms with Crippen molar-refractivity contribution in [2.45, 2.75) is 0 Å². The van der Waals surface area contributed by atoms with Crippen LogP contribution in [0.1, 0.15) is 10.5 Å². The highest BCUT2D eigenvalue weighted by atomic mass is 79.9. The van der Waals surface area contributed by atoms with Crippen molar-refractivity contribution in [3.63, 3.8) is 0 Å². The van der Waals surface area contributed by atoms with E-state index in [1.54, 1.807) is 6.07 Å². The molecule has 1 aromatic rings. The third-order valence-electron chi connectivity index (χ3n) is 1.15. The summed E-state index contributed by atoms with van der Waals surface area (Å²) in [5.74, 6) is 4.52. The molecule has 0 aliphatic carbocycles. The van der Waals surface area contributed by atoms with Crippen molar-refractivity contribution in [1.82, 2.24) is 10.4 Å². The van der Waals surface area contributed by atoms with E-state index in [0.717, 1.165) is 4.47 Å². The normalized spacial score (nSPS) is 9.58. The van der Waals surface area contributed by atoms with E-state index in [4.69, 9.17) is 5.84 Å². The van der Waals surface area contributed by atoms with Crippen LogP contribution in [-0.4, -0.2) is 10.9 Å². The fourth-order valence-corrected chi connectivity index (χ4v) is 1.82. The van der Waals surface area contributed by atoms with Gasteiger partial charge in [-0.25, -0.2) is 10.8 Å². The van der Waals surface area contributed by atoms with Crippen LogP contribution in [0, 0.1) is 0 Å². The van der Waals surface area contributed by atoms with Gasteiger partial charge in [0.1, 0.15) is 5.69 Å². The summed E-state index contributed by atoms with van der Waals surface area (Å²) < 4.78 is 1.39. The number of amides is 1. The van der Waals surface area contributed by atoms with E-state index in [1.807, 2.05) is 5.43 Å². The molecule has 0 saturated carbocycles. The van der Waals surface area contributed by atoms with Crippen molar-refractivity contribution in [1.29, 1.82) is 0 Å². The standard InChI is InChI=1S/C6H5Br2N3O/c7-3-1-4(8)5(10-2-3)6(12)11-9/h1-2H,9H2,(H,11,12). The van der Waals surface area contributed by atoms with Gasteiger partial charge in [-0.3, -0.25) is 10.2 Å². The van der Waals surface area contributed by atoms with Gasteiger partial charge in [0.15, 0.2) is 0 Å². The van der Waals surface area contributed by atoms with Gasteiger partial charge in [-0.1, -0.05) is 0 Å². The van der Waals surface area contributed by atoms with Gasteiger partial charge < -0.3 is 0 Å². The molecule has 0 aliphatic heterocycles. The van der Waals surface area contributed by atoms with E-state index >= 15 is 0 Å². The van der Waals surface area contributed by atoms with Crippen LogP contribution in [0.5, 0.6) is 0 Å². The lowest BCUT2D eigenvalue weighted by Crippen LogP contribution is -2.31. The fourth-order valence-electron chi connectivity index (χ4n) is 0.650. The quantitative estimate of drug-likeness (QED) is 0.465. The van der Waals surface area contributed by atoms with Crippen molar-refractivity contribution < 1.29 is 4.79 Å². The summed E-state index contributed by atoms with van der Waals surface area (Å²) in [5.41, 5.74) is 2.26.